The molecule has 0 unspecified atom stereocenters. The van der Waals surface area contributed by atoms with Gasteiger partial charge in [0, 0.05) is 21.1 Å². The maximum absolute atomic E-state index is 5.69. The number of hydrogen-bond acceptors (Lipinski definition) is 5. The van der Waals surface area contributed by atoms with Gasteiger partial charge in [0.25, 0.3) is 0 Å². The molecule has 6 heteroatoms. The van der Waals surface area contributed by atoms with Crippen LogP contribution in [0.4, 0.5) is 11.8 Å². The maximum atomic E-state index is 5.69. The molecule has 0 amide bonds. The van der Waals surface area contributed by atoms with Crippen LogP contribution >= 0.6 is 0 Å². The number of hydrogen-bond donors (Lipinski definition) is 1. The van der Waals surface area contributed by atoms with Gasteiger partial charge in [-0.05, 0) is 0 Å². The number of aryl methyl sites for hydroxylation is 1. The summed E-state index contributed by atoms with van der Waals surface area (Å²) in [5, 5.41) is 0. The Labute approximate surface area is 81.4 Å². The first-order valence-electron chi connectivity index (χ1n) is 4.21. The number of aromatic nitrogens is 4. The van der Waals surface area contributed by atoms with Gasteiger partial charge in [0.15, 0.2) is 11.5 Å². The minimum atomic E-state index is 0.448. The Morgan fingerprint density at radius 3 is 2.71 bits per heavy atom. The third-order valence-corrected chi connectivity index (χ3v) is 2.11. The Balaban J connectivity index is 2.84. The van der Waals surface area contributed by atoms with Gasteiger partial charge in [-0.2, -0.15) is 4.98 Å². The van der Waals surface area contributed by atoms with Gasteiger partial charge in [-0.1, -0.05) is 0 Å². The van der Waals surface area contributed by atoms with Crippen LogP contribution in [0.3, 0.4) is 0 Å². The highest BCUT2D eigenvalue weighted by molar-refractivity contribution is 5.85. The fourth-order valence-corrected chi connectivity index (χ4v) is 1.37. The van der Waals surface area contributed by atoms with E-state index in [1.54, 1.807) is 4.57 Å². The van der Waals surface area contributed by atoms with Gasteiger partial charge >= 0.3 is 0 Å². The van der Waals surface area contributed by atoms with Crippen molar-refractivity contribution in [3.63, 3.8) is 0 Å². The van der Waals surface area contributed by atoms with Crippen LogP contribution in [0.15, 0.2) is 6.33 Å². The van der Waals surface area contributed by atoms with Crippen molar-refractivity contribution >= 4 is 22.9 Å². The van der Waals surface area contributed by atoms with Crippen molar-refractivity contribution < 1.29 is 0 Å². The standard InChI is InChI=1S/C8H12N6/c1-13(2)7-5-6(10-4-11-7)12-8(9)14(5)3/h4H,1-3H3,(H2,9,10,11,12). The topological polar surface area (TPSA) is 72.9 Å². The molecule has 74 valence electrons. The first-order chi connectivity index (χ1) is 6.61. The summed E-state index contributed by atoms with van der Waals surface area (Å²) >= 11 is 0. The molecular formula is C8H12N6. The molecule has 0 spiro atoms. The summed E-state index contributed by atoms with van der Waals surface area (Å²) in [6.07, 6.45) is 1.49. The number of imidazole rings is 1. The first kappa shape index (κ1) is 8.74. The SMILES string of the molecule is CN(C)c1ncnc2nc(N)n(C)c12. The number of nitrogens with zero attached hydrogens (tertiary/aromatic N) is 5. The van der Waals surface area contributed by atoms with Gasteiger partial charge in [-0.25, -0.2) is 9.97 Å². The number of anilines is 2. The molecule has 0 aliphatic heterocycles. The average Bonchev–Trinajstić information content (AvgIpc) is 2.43. The Morgan fingerprint density at radius 2 is 2.07 bits per heavy atom. The molecule has 0 saturated heterocycles. The first-order valence-corrected chi connectivity index (χ1v) is 4.21. The Kier molecular flexibility index (Phi) is 1.77. The second kappa shape index (κ2) is 2.83. The third-order valence-electron chi connectivity index (χ3n) is 2.11. The number of fused-ring (bicyclic) bond motifs is 1. The predicted molar refractivity (Wildman–Crippen MR) is 55.0 cm³/mol. The van der Waals surface area contributed by atoms with Gasteiger partial charge in [0.1, 0.15) is 11.8 Å². The van der Waals surface area contributed by atoms with Crippen LogP contribution in [-0.2, 0) is 7.05 Å². The van der Waals surface area contributed by atoms with Gasteiger partial charge in [-0.3, -0.25) is 0 Å². The van der Waals surface area contributed by atoms with Gasteiger partial charge in [0.2, 0.25) is 5.95 Å². The zero-order valence-corrected chi connectivity index (χ0v) is 8.39. The molecule has 0 bridgehead atoms. The maximum Gasteiger partial charge on any atom is 0.202 e. The molecule has 0 aliphatic carbocycles. The molecule has 0 aliphatic rings. The molecule has 0 aromatic carbocycles. The van der Waals surface area contributed by atoms with Crippen molar-refractivity contribution in [2.24, 2.45) is 7.05 Å². The van der Waals surface area contributed by atoms with E-state index in [1.807, 2.05) is 26.0 Å². The van der Waals surface area contributed by atoms with E-state index in [4.69, 9.17) is 5.73 Å². The van der Waals surface area contributed by atoms with Crippen molar-refractivity contribution in [2.75, 3.05) is 24.7 Å². The third kappa shape index (κ3) is 1.07. The summed E-state index contributed by atoms with van der Waals surface area (Å²) in [5.41, 5.74) is 7.17. The van der Waals surface area contributed by atoms with Crippen LogP contribution < -0.4 is 10.6 Å². The van der Waals surface area contributed by atoms with Crippen molar-refractivity contribution in [3.05, 3.63) is 6.33 Å². The molecule has 2 aromatic heterocycles. The van der Waals surface area contributed by atoms with Crippen molar-refractivity contribution in [3.8, 4) is 0 Å². The summed E-state index contributed by atoms with van der Waals surface area (Å²) in [6, 6.07) is 0. The highest BCUT2D eigenvalue weighted by atomic mass is 15.2. The van der Waals surface area contributed by atoms with Crippen LogP contribution in [0.2, 0.25) is 0 Å². The molecule has 2 heterocycles. The predicted octanol–water partition coefficient (Wildman–Crippen LogP) is 0.0115. The van der Waals surface area contributed by atoms with E-state index in [9.17, 15) is 0 Å². The van der Waals surface area contributed by atoms with E-state index in [1.165, 1.54) is 6.33 Å². The van der Waals surface area contributed by atoms with Gasteiger partial charge in [-0.15, -0.1) is 0 Å². The normalized spacial score (nSPS) is 10.8. The second-order valence-electron chi connectivity index (χ2n) is 3.29. The fraction of sp³-hybridized carbons (Fsp3) is 0.375. The van der Waals surface area contributed by atoms with E-state index in [-0.39, 0.29) is 0 Å². The quantitative estimate of drug-likeness (QED) is 0.689. The van der Waals surface area contributed by atoms with Crippen LogP contribution in [0.5, 0.6) is 0 Å². The molecule has 0 saturated carbocycles. The summed E-state index contributed by atoms with van der Waals surface area (Å²) in [5.74, 6) is 1.27. The van der Waals surface area contributed by atoms with E-state index in [0.717, 1.165) is 11.3 Å². The van der Waals surface area contributed by atoms with E-state index < -0.39 is 0 Å². The molecule has 0 atom stereocenters. The van der Waals surface area contributed by atoms with Gasteiger partial charge in [0.05, 0.1) is 0 Å². The molecule has 0 radical (unpaired) electrons. The lowest BCUT2D eigenvalue weighted by Gasteiger charge is -2.12. The summed E-state index contributed by atoms with van der Waals surface area (Å²) in [6.45, 7) is 0. The monoisotopic (exact) mass is 192 g/mol. The van der Waals surface area contributed by atoms with Crippen molar-refractivity contribution in [1.82, 2.24) is 19.5 Å². The smallest absolute Gasteiger partial charge is 0.202 e. The lowest BCUT2D eigenvalue weighted by atomic mass is 10.4. The summed E-state index contributed by atoms with van der Waals surface area (Å²) in [7, 11) is 5.69. The minimum Gasteiger partial charge on any atom is -0.369 e. The zero-order valence-electron chi connectivity index (χ0n) is 8.39. The summed E-state index contributed by atoms with van der Waals surface area (Å²) < 4.78 is 1.78. The van der Waals surface area contributed by atoms with Crippen LogP contribution in [-0.4, -0.2) is 33.6 Å². The molecule has 2 N–H and O–H groups in total. The van der Waals surface area contributed by atoms with Crippen LogP contribution in [0.25, 0.3) is 11.2 Å². The number of rotatable bonds is 1. The average molecular weight is 192 g/mol. The van der Waals surface area contributed by atoms with Crippen LogP contribution in [0, 0.1) is 0 Å². The highest BCUT2D eigenvalue weighted by Gasteiger charge is 2.12. The lowest BCUT2D eigenvalue weighted by molar-refractivity contribution is 0.950. The molecule has 0 fully saturated rings. The van der Waals surface area contributed by atoms with Crippen LogP contribution in [0.1, 0.15) is 0 Å². The van der Waals surface area contributed by atoms with E-state index in [2.05, 4.69) is 15.0 Å². The van der Waals surface area contributed by atoms with E-state index in [0.29, 0.717) is 11.6 Å². The second-order valence-corrected chi connectivity index (χ2v) is 3.29. The molecule has 6 nitrogen and oxygen atoms in total. The van der Waals surface area contributed by atoms with Crippen molar-refractivity contribution in [1.29, 1.82) is 0 Å². The number of nitrogens with two attached hydrogens (primary N) is 1. The zero-order chi connectivity index (χ0) is 10.3. The summed E-state index contributed by atoms with van der Waals surface area (Å²) in [4.78, 5) is 14.3. The Morgan fingerprint density at radius 1 is 1.36 bits per heavy atom. The Hall–Kier alpha value is -1.85. The van der Waals surface area contributed by atoms with Crippen molar-refractivity contribution in [2.45, 2.75) is 0 Å². The minimum absolute atomic E-state index is 0.448. The van der Waals surface area contributed by atoms with Gasteiger partial charge < -0.3 is 15.2 Å². The number of nitrogen functional groups attached to an aromatic ring is 1. The molecular weight excluding hydrogens is 180 g/mol. The molecule has 2 aromatic rings. The molecule has 14 heavy (non-hydrogen) atoms. The molecule has 2 rings (SSSR count). The largest absolute Gasteiger partial charge is 0.369 e. The fourth-order valence-electron chi connectivity index (χ4n) is 1.37. The van der Waals surface area contributed by atoms with E-state index >= 15 is 0 Å². The lowest BCUT2D eigenvalue weighted by Crippen LogP contribution is -2.12. The Bertz CT molecular complexity index is 472. The highest BCUT2D eigenvalue weighted by Crippen LogP contribution is 2.21.